The molecule has 11 N–H and O–H groups in total. The maximum absolute atomic E-state index is 13.4. The number of benzene rings is 1. The average molecular weight is 577 g/mol. The first-order chi connectivity index (χ1) is 19.0. The first-order valence-corrected chi connectivity index (χ1v) is 13.7. The van der Waals surface area contributed by atoms with Crippen LogP contribution in [0.5, 0.6) is 0 Å². The van der Waals surface area contributed by atoms with E-state index in [-0.39, 0.29) is 37.0 Å². The molecule has 2 rings (SSSR count). The lowest BCUT2D eigenvalue weighted by molar-refractivity contribution is -0.142. The van der Waals surface area contributed by atoms with Crippen LogP contribution in [0, 0.1) is 5.92 Å². The number of nitrogens with two attached hydrogens (primary N) is 3. The predicted octanol–water partition coefficient (Wildman–Crippen LogP) is -0.394. The lowest BCUT2D eigenvalue weighted by atomic mass is 9.97. The molecule has 3 amide bonds. The van der Waals surface area contributed by atoms with Gasteiger partial charge in [0.05, 0.1) is 6.04 Å². The molecule has 1 heterocycles. The van der Waals surface area contributed by atoms with E-state index in [1.165, 1.54) is 0 Å². The largest absolute Gasteiger partial charge is 0.480 e. The van der Waals surface area contributed by atoms with E-state index in [4.69, 9.17) is 17.2 Å². The number of hydrogen-bond acceptors (Lipinski definition) is 7. The summed E-state index contributed by atoms with van der Waals surface area (Å²) in [4.78, 5) is 58.2. The van der Waals surface area contributed by atoms with Crippen molar-refractivity contribution in [2.45, 2.75) is 63.7 Å². The second-order valence-corrected chi connectivity index (χ2v) is 10.00. The highest BCUT2D eigenvalue weighted by atomic mass is 32.1. The topological polar surface area (TPSA) is 231 Å². The summed E-state index contributed by atoms with van der Waals surface area (Å²) in [6, 6.07) is 3.15. The van der Waals surface area contributed by atoms with E-state index >= 15 is 0 Å². The van der Waals surface area contributed by atoms with Crippen molar-refractivity contribution in [3.63, 3.8) is 0 Å². The number of aliphatic imine (C=N–C) groups is 1. The Hall–Kier alpha value is -3.78. The third kappa shape index (κ3) is 9.45. The molecule has 220 valence electrons. The van der Waals surface area contributed by atoms with Gasteiger partial charge < -0.3 is 43.2 Å². The number of thiol groups is 1. The lowest BCUT2D eigenvalue weighted by Crippen LogP contribution is -2.59. The fourth-order valence-electron chi connectivity index (χ4n) is 4.07. The van der Waals surface area contributed by atoms with Crippen LogP contribution in [0.2, 0.25) is 0 Å². The Labute approximate surface area is 238 Å². The lowest BCUT2D eigenvalue weighted by Gasteiger charge is -2.28. The Morgan fingerprint density at radius 2 is 1.73 bits per heavy atom. The minimum atomic E-state index is -1.26. The number of carbonyl (C=O) groups excluding carboxylic acids is 3. The minimum Gasteiger partial charge on any atom is -0.480 e. The van der Waals surface area contributed by atoms with Crippen LogP contribution in [0.15, 0.2) is 35.5 Å². The van der Waals surface area contributed by atoms with E-state index in [2.05, 4.69) is 38.6 Å². The van der Waals surface area contributed by atoms with Gasteiger partial charge in [-0.3, -0.25) is 19.4 Å². The van der Waals surface area contributed by atoms with Crippen molar-refractivity contribution in [1.29, 1.82) is 0 Å². The number of aromatic amines is 1. The second kappa shape index (κ2) is 15.7. The summed E-state index contributed by atoms with van der Waals surface area (Å²) in [6.07, 6.45) is 2.72. The number of carboxylic acid groups (broad SMARTS) is 1. The number of nitrogens with one attached hydrogen (secondary N) is 4. The van der Waals surface area contributed by atoms with Crippen LogP contribution in [0.25, 0.3) is 10.9 Å². The normalized spacial score (nSPS) is 14.8. The minimum absolute atomic E-state index is 0.0208. The van der Waals surface area contributed by atoms with Crippen LogP contribution < -0.4 is 33.2 Å². The Bertz CT molecular complexity index is 1200. The summed E-state index contributed by atoms with van der Waals surface area (Å²) in [5.74, 6) is -3.37. The number of rotatable bonds is 16. The van der Waals surface area contributed by atoms with Crippen LogP contribution in [0.3, 0.4) is 0 Å². The summed E-state index contributed by atoms with van der Waals surface area (Å²) < 4.78 is 0. The first-order valence-electron chi connectivity index (χ1n) is 13.1. The highest BCUT2D eigenvalue weighted by Crippen LogP contribution is 2.19. The van der Waals surface area contributed by atoms with Gasteiger partial charge in [-0.2, -0.15) is 12.6 Å². The molecule has 0 aliphatic heterocycles. The monoisotopic (exact) mass is 576 g/mol. The summed E-state index contributed by atoms with van der Waals surface area (Å²) in [6.45, 7) is 3.84. The number of hydrogen-bond donors (Lipinski definition) is 9. The number of guanidine groups is 1. The average Bonchev–Trinajstić information content (AvgIpc) is 3.34. The van der Waals surface area contributed by atoms with Gasteiger partial charge in [0.2, 0.25) is 17.7 Å². The number of aromatic nitrogens is 1. The Morgan fingerprint density at radius 1 is 1.05 bits per heavy atom. The molecule has 0 aliphatic carbocycles. The van der Waals surface area contributed by atoms with E-state index < -0.39 is 47.9 Å². The Balaban J connectivity index is 2.23. The molecule has 2 aromatic rings. The van der Waals surface area contributed by atoms with Crippen molar-refractivity contribution in [2.24, 2.45) is 28.1 Å². The molecule has 40 heavy (non-hydrogen) atoms. The van der Waals surface area contributed by atoms with Crippen LogP contribution in [0.4, 0.5) is 0 Å². The van der Waals surface area contributed by atoms with Crippen molar-refractivity contribution < 1.29 is 24.3 Å². The fraction of sp³-hybridized carbons (Fsp3) is 0.500. The van der Waals surface area contributed by atoms with E-state index in [0.29, 0.717) is 12.8 Å². The Morgan fingerprint density at radius 3 is 2.35 bits per heavy atom. The van der Waals surface area contributed by atoms with Crippen LogP contribution >= 0.6 is 12.6 Å². The van der Waals surface area contributed by atoms with Gasteiger partial charge in [0, 0.05) is 35.8 Å². The number of nitrogens with zero attached hydrogens (tertiary/aromatic N) is 1. The van der Waals surface area contributed by atoms with Crippen molar-refractivity contribution in [2.75, 3.05) is 12.3 Å². The number of fused-ring (bicyclic) bond motifs is 1. The number of carbonyl (C=O) groups is 4. The molecular formula is C26H40N8O5S. The number of carboxylic acids is 1. The van der Waals surface area contributed by atoms with Gasteiger partial charge in [-0.1, -0.05) is 38.5 Å². The van der Waals surface area contributed by atoms with Gasteiger partial charge >= 0.3 is 5.97 Å². The van der Waals surface area contributed by atoms with Crippen LogP contribution in [0.1, 0.15) is 38.7 Å². The van der Waals surface area contributed by atoms with Gasteiger partial charge in [-0.15, -0.1) is 0 Å². The van der Waals surface area contributed by atoms with Gasteiger partial charge in [-0.25, -0.2) is 4.79 Å². The zero-order valence-corrected chi connectivity index (χ0v) is 23.6. The number of para-hydroxylation sites is 1. The molecule has 1 aromatic carbocycles. The second-order valence-electron chi connectivity index (χ2n) is 9.63. The van der Waals surface area contributed by atoms with E-state index in [9.17, 15) is 24.3 Å². The standard InChI is InChI=1S/C26H40N8O5S/c1-3-14(2)21(34-22(35)17(27)13-40)24(37)32-19(9-6-10-30-26(28)29)23(36)33-20(25(38)39)11-15-12-31-18-8-5-4-7-16(15)18/h4-5,7-8,12,14,17,19-21,31,40H,3,6,9-11,13,27H2,1-2H3,(H,32,37)(H,33,36)(H,34,35)(H,38,39)(H4,28,29,30). The molecule has 0 radical (unpaired) electrons. The third-order valence-corrected chi connectivity index (χ3v) is 7.01. The van der Waals surface area contributed by atoms with Crippen LogP contribution in [-0.2, 0) is 25.6 Å². The third-order valence-electron chi connectivity index (χ3n) is 6.62. The number of H-pyrrole nitrogens is 1. The molecule has 14 heteroatoms. The van der Waals surface area contributed by atoms with Gasteiger partial charge in [-0.05, 0) is 30.4 Å². The zero-order valence-electron chi connectivity index (χ0n) is 22.7. The van der Waals surface area contributed by atoms with E-state index in [1.807, 2.05) is 31.2 Å². The van der Waals surface area contributed by atoms with E-state index in [0.717, 1.165) is 16.5 Å². The zero-order chi connectivity index (χ0) is 29.8. The molecule has 0 fully saturated rings. The molecule has 1 aromatic heterocycles. The quantitative estimate of drug-likeness (QED) is 0.0551. The van der Waals surface area contributed by atoms with Gasteiger partial charge in [0.25, 0.3) is 0 Å². The SMILES string of the molecule is CCC(C)C(NC(=O)C(N)CS)C(=O)NC(CCCN=C(N)N)C(=O)NC(Cc1c[nH]c2ccccc12)C(=O)O. The number of amides is 3. The predicted molar refractivity (Wildman–Crippen MR) is 157 cm³/mol. The molecule has 0 saturated carbocycles. The van der Waals surface area contributed by atoms with Gasteiger partial charge in [0.15, 0.2) is 5.96 Å². The maximum Gasteiger partial charge on any atom is 0.326 e. The molecular weight excluding hydrogens is 536 g/mol. The Kier molecular flexibility index (Phi) is 12.7. The molecule has 0 spiro atoms. The molecule has 0 aliphatic rings. The molecule has 13 nitrogen and oxygen atoms in total. The summed E-state index contributed by atoms with van der Waals surface area (Å²) in [5, 5.41) is 18.6. The van der Waals surface area contributed by atoms with Crippen molar-refractivity contribution in [3.05, 3.63) is 36.0 Å². The van der Waals surface area contributed by atoms with Crippen molar-refractivity contribution in [1.82, 2.24) is 20.9 Å². The van der Waals surface area contributed by atoms with Crippen molar-refractivity contribution >= 4 is 53.2 Å². The summed E-state index contributed by atoms with van der Waals surface area (Å²) >= 11 is 4.03. The highest BCUT2D eigenvalue weighted by Gasteiger charge is 2.32. The fourth-order valence-corrected chi connectivity index (χ4v) is 4.24. The maximum atomic E-state index is 13.4. The molecule has 0 bridgehead atoms. The van der Waals surface area contributed by atoms with Crippen LogP contribution in [-0.4, -0.2) is 76.2 Å². The number of aliphatic carboxylic acids is 1. The smallest absolute Gasteiger partial charge is 0.326 e. The van der Waals surface area contributed by atoms with Crippen molar-refractivity contribution in [3.8, 4) is 0 Å². The van der Waals surface area contributed by atoms with E-state index in [1.54, 1.807) is 13.1 Å². The molecule has 5 atom stereocenters. The first kappa shape index (κ1) is 32.4. The van der Waals surface area contributed by atoms with Gasteiger partial charge in [0.1, 0.15) is 18.1 Å². The highest BCUT2D eigenvalue weighted by molar-refractivity contribution is 7.80. The summed E-state index contributed by atoms with van der Waals surface area (Å²) in [5.41, 5.74) is 18.1. The molecule has 0 saturated heterocycles. The molecule has 5 unspecified atom stereocenters. The summed E-state index contributed by atoms with van der Waals surface area (Å²) in [7, 11) is 0.